The summed E-state index contributed by atoms with van der Waals surface area (Å²) in [5, 5.41) is 0. The van der Waals surface area contributed by atoms with E-state index in [9.17, 15) is 4.79 Å². The summed E-state index contributed by atoms with van der Waals surface area (Å²) in [5.74, 6) is 0.999. The van der Waals surface area contributed by atoms with Crippen molar-refractivity contribution >= 4 is 21.7 Å². The molecule has 2 rings (SSSR count). The SMILES string of the molecule is CCCCCC(=O)c1cc(Br)cc2c1OCC2(C)C. The summed E-state index contributed by atoms with van der Waals surface area (Å²) < 4.78 is 6.75. The molecule has 1 aliphatic heterocycles. The number of fused-ring (bicyclic) bond motifs is 1. The highest BCUT2D eigenvalue weighted by Crippen LogP contribution is 2.42. The minimum Gasteiger partial charge on any atom is -0.492 e. The molecule has 0 radical (unpaired) electrons. The first-order valence-electron chi connectivity index (χ1n) is 6.95. The Morgan fingerprint density at radius 1 is 1.37 bits per heavy atom. The second-order valence-electron chi connectivity index (χ2n) is 5.88. The second kappa shape index (κ2) is 5.66. The summed E-state index contributed by atoms with van der Waals surface area (Å²) in [4.78, 5) is 12.3. The average Bonchev–Trinajstić information content (AvgIpc) is 2.65. The van der Waals surface area contributed by atoms with Gasteiger partial charge < -0.3 is 4.74 Å². The number of hydrogen-bond donors (Lipinski definition) is 0. The van der Waals surface area contributed by atoms with Crippen LogP contribution in [-0.4, -0.2) is 12.4 Å². The number of unbranched alkanes of at least 4 members (excludes halogenated alkanes) is 2. The molecule has 0 amide bonds. The summed E-state index contributed by atoms with van der Waals surface area (Å²) in [6.45, 7) is 7.09. The largest absolute Gasteiger partial charge is 0.492 e. The molecule has 0 N–H and O–H groups in total. The lowest BCUT2D eigenvalue weighted by atomic mass is 9.85. The maximum absolute atomic E-state index is 12.3. The van der Waals surface area contributed by atoms with Crippen molar-refractivity contribution in [3.63, 3.8) is 0 Å². The van der Waals surface area contributed by atoms with Gasteiger partial charge in [0.05, 0.1) is 12.2 Å². The highest BCUT2D eigenvalue weighted by molar-refractivity contribution is 9.10. The van der Waals surface area contributed by atoms with Gasteiger partial charge in [-0.05, 0) is 18.6 Å². The van der Waals surface area contributed by atoms with Gasteiger partial charge in [0.25, 0.3) is 0 Å². The molecule has 104 valence electrons. The van der Waals surface area contributed by atoms with Crippen molar-refractivity contribution < 1.29 is 9.53 Å². The predicted molar refractivity (Wildman–Crippen MR) is 81.1 cm³/mol. The third-order valence-electron chi connectivity index (χ3n) is 3.67. The number of carbonyl (C=O) groups is 1. The lowest BCUT2D eigenvalue weighted by Gasteiger charge is -2.15. The zero-order valence-electron chi connectivity index (χ0n) is 11.9. The second-order valence-corrected chi connectivity index (χ2v) is 6.80. The number of benzene rings is 1. The first-order chi connectivity index (χ1) is 8.95. The van der Waals surface area contributed by atoms with Crippen molar-refractivity contribution in [2.24, 2.45) is 0 Å². The van der Waals surface area contributed by atoms with E-state index in [0.717, 1.165) is 40.6 Å². The van der Waals surface area contributed by atoms with Gasteiger partial charge in [-0.1, -0.05) is 49.5 Å². The van der Waals surface area contributed by atoms with Crippen LogP contribution in [0.1, 0.15) is 62.4 Å². The van der Waals surface area contributed by atoms with E-state index in [2.05, 4.69) is 42.8 Å². The van der Waals surface area contributed by atoms with Crippen LogP contribution in [0, 0.1) is 0 Å². The van der Waals surface area contributed by atoms with Crippen LogP contribution in [0.15, 0.2) is 16.6 Å². The number of Topliss-reactive ketones (excluding diaryl/α,β-unsaturated/α-hetero) is 1. The van der Waals surface area contributed by atoms with E-state index in [-0.39, 0.29) is 11.2 Å². The van der Waals surface area contributed by atoms with Gasteiger partial charge in [-0.15, -0.1) is 0 Å². The van der Waals surface area contributed by atoms with Crippen LogP contribution >= 0.6 is 15.9 Å². The minimum absolute atomic E-state index is 0.0163. The van der Waals surface area contributed by atoms with Gasteiger partial charge in [-0.3, -0.25) is 4.79 Å². The summed E-state index contributed by atoms with van der Waals surface area (Å²) >= 11 is 3.51. The highest BCUT2D eigenvalue weighted by atomic mass is 79.9. The molecule has 1 aromatic rings. The van der Waals surface area contributed by atoms with Crippen molar-refractivity contribution in [2.45, 2.75) is 51.9 Å². The molecule has 1 aliphatic rings. The smallest absolute Gasteiger partial charge is 0.166 e. The summed E-state index contributed by atoms with van der Waals surface area (Å²) in [5.41, 5.74) is 1.86. The maximum Gasteiger partial charge on any atom is 0.166 e. The van der Waals surface area contributed by atoms with Crippen LogP contribution in [0.25, 0.3) is 0 Å². The van der Waals surface area contributed by atoms with Crippen LogP contribution in [-0.2, 0) is 5.41 Å². The third-order valence-corrected chi connectivity index (χ3v) is 4.13. The van der Waals surface area contributed by atoms with Gasteiger partial charge in [0.2, 0.25) is 0 Å². The van der Waals surface area contributed by atoms with Crippen molar-refractivity contribution in [3.8, 4) is 5.75 Å². The summed E-state index contributed by atoms with van der Waals surface area (Å²) in [7, 11) is 0. The first-order valence-corrected chi connectivity index (χ1v) is 7.75. The van der Waals surface area contributed by atoms with E-state index >= 15 is 0 Å². The van der Waals surface area contributed by atoms with Crippen LogP contribution in [0.4, 0.5) is 0 Å². The summed E-state index contributed by atoms with van der Waals surface area (Å²) in [6.07, 6.45) is 3.81. The van der Waals surface area contributed by atoms with Crippen molar-refractivity contribution in [2.75, 3.05) is 6.61 Å². The molecular formula is C16H21BrO2. The number of ether oxygens (including phenoxy) is 1. The summed E-state index contributed by atoms with van der Waals surface area (Å²) in [6, 6.07) is 3.97. The number of halogens is 1. The van der Waals surface area contributed by atoms with Crippen molar-refractivity contribution in [3.05, 3.63) is 27.7 Å². The molecule has 0 aliphatic carbocycles. The Morgan fingerprint density at radius 2 is 2.11 bits per heavy atom. The number of carbonyl (C=O) groups excluding carboxylic acids is 1. The zero-order chi connectivity index (χ0) is 14.0. The number of rotatable bonds is 5. The Labute approximate surface area is 123 Å². The zero-order valence-corrected chi connectivity index (χ0v) is 13.5. The highest BCUT2D eigenvalue weighted by Gasteiger charge is 2.34. The lowest BCUT2D eigenvalue weighted by molar-refractivity contribution is 0.0976. The van der Waals surface area contributed by atoms with Gasteiger partial charge >= 0.3 is 0 Å². The monoisotopic (exact) mass is 324 g/mol. The van der Waals surface area contributed by atoms with E-state index in [1.54, 1.807) is 0 Å². The molecule has 0 saturated heterocycles. The lowest BCUT2D eigenvalue weighted by Crippen LogP contribution is -2.18. The van der Waals surface area contributed by atoms with Crippen molar-refractivity contribution in [1.29, 1.82) is 0 Å². The average molecular weight is 325 g/mol. The molecule has 0 spiro atoms. The standard InChI is InChI=1S/C16H21BrO2/c1-4-5-6-7-14(18)12-8-11(17)9-13-15(12)19-10-16(13,2)3/h8-9H,4-7,10H2,1-3H3. The predicted octanol–water partition coefficient (Wildman–Crippen LogP) is 4.88. The first kappa shape index (κ1) is 14.6. The van der Waals surface area contributed by atoms with Crippen LogP contribution in [0.2, 0.25) is 0 Å². The molecule has 0 atom stereocenters. The van der Waals surface area contributed by atoms with Crippen molar-refractivity contribution in [1.82, 2.24) is 0 Å². The Balaban J connectivity index is 2.30. The fourth-order valence-electron chi connectivity index (χ4n) is 2.46. The fraction of sp³-hybridized carbons (Fsp3) is 0.562. The van der Waals surface area contributed by atoms with E-state index < -0.39 is 0 Å². The Hall–Kier alpha value is -0.830. The van der Waals surface area contributed by atoms with E-state index in [1.165, 1.54) is 0 Å². The molecule has 3 heteroatoms. The molecule has 0 aromatic heterocycles. The van der Waals surface area contributed by atoms with Gasteiger partial charge in [-0.2, -0.15) is 0 Å². The molecule has 0 unspecified atom stereocenters. The number of ketones is 1. The van der Waals surface area contributed by atoms with E-state index in [0.29, 0.717) is 13.0 Å². The Bertz CT molecular complexity index is 492. The van der Waals surface area contributed by atoms with Crippen LogP contribution in [0.5, 0.6) is 5.75 Å². The molecule has 1 aromatic carbocycles. The van der Waals surface area contributed by atoms with Crippen LogP contribution < -0.4 is 4.74 Å². The molecule has 0 bridgehead atoms. The molecule has 0 saturated carbocycles. The number of hydrogen-bond acceptors (Lipinski definition) is 2. The Kier molecular flexibility index (Phi) is 4.34. The topological polar surface area (TPSA) is 26.3 Å². The normalized spacial score (nSPS) is 16.0. The van der Waals surface area contributed by atoms with Gasteiger partial charge in [-0.25, -0.2) is 0 Å². The Morgan fingerprint density at radius 3 is 2.79 bits per heavy atom. The molecule has 2 nitrogen and oxygen atoms in total. The quantitative estimate of drug-likeness (QED) is 0.569. The fourth-order valence-corrected chi connectivity index (χ4v) is 2.92. The van der Waals surface area contributed by atoms with Crippen LogP contribution in [0.3, 0.4) is 0 Å². The third kappa shape index (κ3) is 3.02. The maximum atomic E-state index is 12.3. The molecule has 19 heavy (non-hydrogen) atoms. The van der Waals surface area contributed by atoms with Gasteiger partial charge in [0.1, 0.15) is 5.75 Å². The van der Waals surface area contributed by atoms with Gasteiger partial charge in [0, 0.05) is 21.9 Å². The van der Waals surface area contributed by atoms with E-state index in [1.807, 2.05) is 6.07 Å². The van der Waals surface area contributed by atoms with E-state index in [4.69, 9.17) is 4.74 Å². The van der Waals surface area contributed by atoms with Gasteiger partial charge in [0.15, 0.2) is 5.78 Å². The molecule has 0 fully saturated rings. The molecule has 1 heterocycles. The molecular weight excluding hydrogens is 304 g/mol. The minimum atomic E-state index is -0.0163.